The first-order valence-electron chi connectivity index (χ1n) is 9.41. The average molecular weight is 415 g/mol. The van der Waals surface area contributed by atoms with E-state index < -0.39 is 0 Å². The van der Waals surface area contributed by atoms with Crippen molar-refractivity contribution < 1.29 is 0 Å². The van der Waals surface area contributed by atoms with E-state index in [1.165, 1.54) is 5.56 Å². The highest BCUT2D eigenvalue weighted by atomic mass is 32.1. The van der Waals surface area contributed by atoms with Crippen molar-refractivity contribution in [3.63, 3.8) is 0 Å². The van der Waals surface area contributed by atoms with E-state index in [1.807, 2.05) is 51.4 Å². The highest BCUT2D eigenvalue weighted by Gasteiger charge is 2.18. The first-order chi connectivity index (χ1) is 14.1. The van der Waals surface area contributed by atoms with Crippen LogP contribution < -0.4 is 5.56 Å². The zero-order valence-electron chi connectivity index (χ0n) is 15.8. The smallest absolute Gasteiger partial charge is 0.261 e. The van der Waals surface area contributed by atoms with Gasteiger partial charge in [-0.3, -0.25) is 13.8 Å². The quantitative estimate of drug-likeness (QED) is 0.335. The lowest BCUT2D eigenvalue weighted by Crippen LogP contribution is -2.23. The number of aromatic nitrogens is 2. The maximum Gasteiger partial charge on any atom is 0.261 e. The second-order valence-corrected chi connectivity index (χ2v) is 8.76. The Hall–Kier alpha value is -3.02. The monoisotopic (exact) mass is 414 g/mol. The summed E-state index contributed by atoms with van der Waals surface area (Å²) in [6, 6.07) is 26.2. The molecule has 3 nitrogen and oxygen atoms in total. The van der Waals surface area contributed by atoms with Crippen molar-refractivity contribution in [1.82, 2.24) is 8.97 Å². The van der Waals surface area contributed by atoms with Crippen molar-refractivity contribution in [2.75, 3.05) is 0 Å². The predicted molar refractivity (Wildman–Crippen MR) is 124 cm³/mol. The molecule has 0 aliphatic heterocycles. The summed E-state index contributed by atoms with van der Waals surface area (Å²) >= 11 is 7.30. The fourth-order valence-corrected chi connectivity index (χ4v) is 5.15. The van der Waals surface area contributed by atoms with E-state index in [4.69, 9.17) is 12.2 Å². The molecule has 0 N–H and O–H groups in total. The van der Waals surface area contributed by atoms with Gasteiger partial charge in [-0.05, 0) is 42.4 Å². The van der Waals surface area contributed by atoms with Crippen LogP contribution in [-0.2, 0) is 6.54 Å². The van der Waals surface area contributed by atoms with E-state index >= 15 is 0 Å². The topological polar surface area (TPSA) is 26.4 Å². The number of para-hydroxylation sites is 1. The molecule has 0 unspecified atom stereocenters. The van der Waals surface area contributed by atoms with Crippen LogP contribution in [-0.4, -0.2) is 8.97 Å². The second-order valence-electron chi connectivity index (χ2n) is 7.12. The van der Waals surface area contributed by atoms with Gasteiger partial charge in [0, 0.05) is 0 Å². The molecule has 29 heavy (non-hydrogen) atoms. The number of hydrogen-bond donors (Lipinski definition) is 0. The number of thiazole rings is 1. The van der Waals surface area contributed by atoms with Crippen molar-refractivity contribution >= 4 is 40.1 Å². The van der Waals surface area contributed by atoms with Gasteiger partial charge in [-0.1, -0.05) is 72.3 Å². The lowest BCUT2D eigenvalue weighted by atomic mass is 10.1. The molecule has 0 spiro atoms. The Morgan fingerprint density at radius 2 is 1.59 bits per heavy atom. The van der Waals surface area contributed by atoms with Gasteiger partial charge in [0.25, 0.3) is 5.56 Å². The van der Waals surface area contributed by atoms with Crippen molar-refractivity contribution in [3.8, 4) is 10.4 Å². The number of hydrogen-bond acceptors (Lipinski definition) is 3. The second kappa shape index (κ2) is 7.10. The Balaban J connectivity index is 1.90. The van der Waals surface area contributed by atoms with Crippen LogP contribution >= 0.6 is 23.6 Å². The molecule has 2 aromatic heterocycles. The van der Waals surface area contributed by atoms with Gasteiger partial charge < -0.3 is 0 Å². The van der Waals surface area contributed by atoms with E-state index in [0.717, 1.165) is 31.1 Å². The minimum atomic E-state index is 0.00570. The van der Waals surface area contributed by atoms with Crippen molar-refractivity contribution in [2.45, 2.75) is 13.5 Å². The Labute approximate surface area is 177 Å². The molecule has 5 rings (SSSR count). The normalized spacial score (nSPS) is 11.3. The summed E-state index contributed by atoms with van der Waals surface area (Å²) in [5.41, 5.74) is 5.08. The zero-order valence-corrected chi connectivity index (χ0v) is 17.5. The fourth-order valence-electron chi connectivity index (χ4n) is 3.71. The number of fused-ring (bicyclic) bond motifs is 3. The maximum absolute atomic E-state index is 13.5. The lowest BCUT2D eigenvalue weighted by molar-refractivity contribution is 0.780. The molecule has 142 valence electrons. The van der Waals surface area contributed by atoms with Crippen LogP contribution in [0.25, 0.3) is 27.0 Å². The van der Waals surface area contributed by atoms with Crippen LogP contribution in [0.15, 0.2) is 83.7 Å². The lowest BCUT2D eigenvalue weighted by Gasteiger charge is -2.13. The van der Waals surface area contributed by atoms with Gasteiger partial charge in [0.1, 0.15) is 5.65 Å². The summed E-state index contributed by atoms with van der Waals surface area (Å²) in [6.07, 6.45) is 0. The molecule has 5 heteroatoms. The summed E-state index contributed by atoms with van der Waals surface area (Å²) in [6.45, 7) is 2.56. The van der Waals surface area contributed by atoms with Crippen molar-refractivity contribution in [2.24, 2.45) is 0 Å². The van der Waals surface area contributed by atoms with Crippen molar-refractivity contribution in [3.05, 3.63) is 104 Å². The molecule has 0 aliphatic carbocycles. The third-order valence-electron chi connectivity index (χ3n) is 5.16. The minimum Gasteiger partial charge on any atom is -0.288 e. The van der Waals surface area contributed by atoms with Crippen LogP contribution in [0.5, 0.6) is 0 Å². The molecule has 0 fully saturated rings. The van der Waals surface area contributed by atoms with E-state index in [0.29, 0.717) is 11.9 Å². The van der Waals surface area contributed by atoms with Crippen LogP contribution in [0, 0.1) is 10.9 Å². The number of aryl methyl sites for hydroxylation is 1. The summed E-state index contributed by atoms with van der Waals surface area (Å²) in [5, 5.41) is 0.681. The van der Waals surface area contributed by atoms with Crippen LogP contribution in [0.2, 0.25) is 0 Å². The summed E-state index contributed by atoms with van der Waals surface area (Å²) < 4.78 is 4.65. The first kappa shape index (κ1) is 18.0. The number of nitrogens with zero attached hydrogens (tertiary/aromatic N) is 2. The third-order valence-corrected chi connectivity index (χ3v) is 6.57. The molecule has 0 saturated carbocycles. The molecular weight excluding hydrogens is 396 g/mol. The van der Waals surface area contributed by atoms with Crippen molar-refractivity contribution in [1.29, 1.82) is 0 Å². The Kier molecular flexibility index (Phi) is 4.42. The standard InChI is InChI=1S/C24H18N2OS2/c1-16-11-13-17(14-12-16)15-25-22-21(18-7-3-2-4-8-18)29-24(28)26(22)20-10-6-5-9-19(20)23(25)27/h2-14H,15H2,1H3. The Bertz CT molecular complexity index is 1460. The highest BCUT2D eigenvalue weighted by Crippen LogP contribution is 2.33. The van der Waals surface area contributed by atoms with E-state index in [2.05, 4.69) is 43.3 Å². The summed E-state index contributed by atoms with van der Waals surface area (Å²) in [4.78, 5) is 14.5. The third kappa shape index (κ3) is 3.03. The predicted octanol–water partition coefficient (Wildman–Crippen LogP) is 6.07. The fraction of sp³-hybridized carbons (Fsp3) is 0.0833. The average Bonchev–Trinajstić information content (AvgIpc) is 3.10. The SMILES string of the molecule is Cc1ccc(Cn2c(=O)c3ccccc3n3c(=S)sc(-c4ccccc4)c23)cc1. The molecule has 0 amide bonds. The highest BCUT2D eigenvalue weighted by molar-refractivity contribution is 7.73. The van der Waals surface area contributed by atoms with Gasteiger partial charge in [-0.2, -0.15) is 0 Å². The van der Waals surface area contributed by atoms with Gasteiger partial charge in [0.15, 0.2) is 3.95 Å². The number of rotatable bonds is 3. The van der Waals surface area contributed by atoms with E-state index in [1.54, 1.807) is 11.3 Å². The van der Waals surface area contributed by atoms with Gasteiger partial charge in [-0.25, -0.2) is 0 Å². The first-order valence-corrected chi connectivity index (χ1v) is 10.6. The van der Waals surface area contributed by atoms with Gasteiger partial charge in [0.2, 0.25) is 0 Å². The summed E-state index contributed by atoms with van der Waals surface area (Å²) in [5.74, 6) is 0. The molecule has 0 atom stereocenters. The Morgan fingerprint density at radius 1 is 0.897 bits per heavy atom. The zero-order chi connectivity index (χ0) is 20.0. The van der Waals surface area contributed by atoms with Crippen LogP contribution in [0.1, 0.15) is 11.1 Å². The van der Waals surface area contributed by atoms with Gasteiger partial charge in [-0.15, -0.1) is 11.3 Å². The molecule has 0 radical (unpaired) electrons. The van der Waals surface area contributed by atoms with Crippen LogP contribution in [0.4, 0.5) is 0 Å². The van der Waals surface area contributed by atoms with Crippen LogP contribution in [0.3, 0.4) is 0 Å². The summed E-state index contributed by atoms with van der Waals surface area (Å²) in [7, 11) is 0. The Morgan fingerprint density at radius 3 is 2.34 bits per heavy atom. The molecule has 0 bridgehead atoms. The molecule has 0 aliphatic rings. The molecule has 2 heterocycles. The minimum absolute atomic E-state index is 0.00570. The largest absolute Gasteiger partial charge is 0.288 e. The number of benzene rings is 3. The van der Waals surface area contributed by atoms with Gasteiger partial charge >= 0.3 is 0 Å². The molecule has 3 aromatic carbocycles. The molecule has 5 aromatic rings. The molecule has 0 saturated heterocycles. The van der Waals surface area contributed by atoms with E-state index in [-0.39, 0.29) is 5.56 Å². The van der Waals surface area contributed by atoms with Gasteiger partial charge in [0.05, 0.1) is 22.3 Å². The maximum atomic E-state index is 13.5. The molecular formula is C24H18N2OS2. The van der Waals surface area contributed by atoms with E-state index in [9.17, 15) is 4.79 Å².